The molecule has 0 aromatic carbocycles. The molecular weight excluding hydrogens is 248 g/mol. The van der Waals surface area contributed by atoms with E-state index >= 15 is 0 Å². The predicted molar refractivity (Wildman–Crippen MR) is 67.3 cm³/mol. The van der Waals surface area contributed by atoms with E-state index in [9.17, 15) is 14.4 Å². The van der Waals surface area contributed by atoms with Gasteiger partial charge in [0.25, 0.3) is 0 Å². The zero-order valence-corrected chi connectivity index (χ0v) is 11.3. The molecule has 2 rings (SSSR count). The summed E-state index contributed by atoms with van der Waals surface area (Å²) in [7, 11) is 0. The Kier molecular flexibility index (Phi) is 3.89. The van der Waals surface area contributed by atoms with Crippen LogP contribution in [-0.4, -0.2) is 57.9 Å². The molecule has 0 spiro atoms. The van der Waals surface area contributed by atoms with E-state index in [1.54, 1.807) is 11.8 Å². The van der Waals surface area contributed by atoms with Gasteiger partial charge in [-0.05, 0) is 19.4 Å². The Morgan fingerprint density at radius 2 is 2.11 bits per heavy atom. The number of hydrogen-bond donors (Lipinski definition) is 1. The summed E-state index contributed by atoms with van der Waals surface area (Å²) in [5.41, 5.74) is 0. The van der Waals surface area contributed by atoms with Gasteiger partial charge in [0.05, 0.1) is 18.4 Å². The smallest absolute Gasteiger partial charge is 0.307 e. The van der Waals surface area contributed by atoms with Crippen LogP contribution in [0.25, 0.3) is 0 Å². The van der Waals surface area contributed by atoms with Gasteiger partial charge in [-0.25, -0.2) is 0 Å². The summed E-state index contributed by atoms with van der Waals surface area (Å²) in [5.74, 6) is -1.68. The summed E-state index contributed by atoms with van der Waals surface area (Å²) < 4.78 is 0. The lowest BCUT2D eigenvalue weighted by Gasteiger charge is -2.27. The first-order valence-electron chi connectivity index (χ1n) is 6.78. The van der Waals surface area contributed by atoms with Gasteiger partial charge >= 0.3 is 5.97 Å². The minimum Gasteiger partial charge on any atom is -0.481 e. The number of carboxylic acid groups (broad SMARTS) is 1. The van der Waals surface area contributed by atoms with E-state index in [0.29, 0.717) is 13.1 Å². The molecule has 2 fully saturated rings. The van der Waals surface area contributed by atoms with Gasteiger partial charge in [-0.3, -0.25) is 24.2 Å². The van der Waals surface area contributed by atoms with E-state index in [1.807, 2.05) is 6.92 Å². The van der Waals surface area contributed by atoms with E-state index in [0.717, 1.165) is 12.8 Å². The van der Waals surface area contributed by atoms with Crippen molar-refractivity contribution in [2.75, 3.05) is 13.1 Å². The Morgan fingerprint density at radius 3 is 2.58 bits per heavy atom. The van der Waals surface area contributed by atoms with Crippen LogP contribution in [0.1, 0.15) is 33.1 Å². The maximum atomic E-state index is 12.3. The molecule has 1 N–H and O–H groups in total. The van der Waals surface area contributed by atoms with Gasteiger partial charge in [0.2, 0.25) is 11.8 Å². The average Bonchev–Trinajstić information content (AvgIpc) is 3.13. The molecule has 106 valence electrons. The molecule has 0 radical (unpaired) electrons. The molecule has 1 heterocycles. The number of likely N-dealkylation sites (N-methyl/N-ethyl adjacent to an activating group) is 1. The fraction of sp³-hybridized carbons (Fsp3) is 0.769. The predicted octanol–water partition coefficient (Wildman–Crippen LogP) is 0.319. The van der Waals surface area contributed by atoms with Crippen molar-refractivity contribution in [3.8, 4) is 0 Å². The van der Waals surface area contributed by atoms with Crippen molar-refractivity contribution in [1.29, 1.82) is 0 Å². The van der Waals surface area contributed by atoms with Crippen molar-refractivity contribution in [2.45, 2.75) is 45.2 Å². The van der Waals surface area contributed by atoms with Crippen LogP contribution in [0.15, 0.2) is 0 Å². The van der Waals surface area contributed by atoms with Gasteiger partial charge in [-0.2, -0.15) is 0 Å². The summed E-state index contributed by atoms with van der Waals surface area (Å²) in [6.45, 7) is 4.37. The number of rotatable bonds is 6. The molecule has 2 unspecified atom stereocenters. The Bertz CT molecular complexity index is 405. The van der Waals surface area contributed by atoms with Gasteiger partial charge in [0.15, 0.2) is 0 Å². The molecule has 2 aliphatic rings. The highest BCUT2D eigenvalue weighted by atomic mass is 16.4. The first-order valence-corrected chi connectivity index (χ1v) is 6.78. The molecule has 0 bridgehead atoms. The maximum Gasteiger partial charge on any atom is 0.307 e. The molecule has 19 heavy (non-hydrogen) atoms. The number of amides is 2. The second kappa shape index (κ2) is 5.28. The molecule has 2 amide bonds. The molecular formula is C13H20N2O4. The van der Waals surface area contributed by atoms with Crippen molar-refractivity contribution < 1.29 is 19.5 Å². The topological polar surface area (TPSA) is 77.9 Å². The lowest BCUT2D eigenvalue weighted by atomic mass is 10.1. The maximum absolute atomic E-state index is 12.3. The van der Waals surface area contributed by atoms with Crippen LogP contribution < -0.4 is 0 Å². The number of carbonyl (C=O) groups is 3. The number of aliphatic carboxylic acids is 1. The van der Waals surface area contributed by atoms with E-state index in [-0.39, 0.29) is 24.3 Å². The fourth-order valence-electron chi connectivity index (χ4n) is 2.54. The van der Waals surface area contributed by atoms with E-state index in [1.165, 1.54) is 4.90 Å². The molecule has 1 aliphatic carbocycles. The SMILES string of the molecule is CCN(CC(C)C(=O)O)C1CC(=O)N(C2CC2)C1=O. The highest BCUT2D eigenvalue weighted by Crippen LogP contribution is 2.32. The summed E-state index contributed by atoms with van der Waals surface area (Å²) in [5, 5.41) is 8.95. The highest BCUT2D eigenvalue weighted by molar-refractivity contribution is 6.06. The molecule has 0 aromatic heterocycles. The molecule has 1 aliphatic heterocycles. The van der Waals surface area contributed by atoms with Crippen LogP contribution in [-0.2, 0) is 14.4 Å². The lowest BCUT2D eigenvalue weighted by Crippen LogP contribution is -2.45. The van der Waals surface area contributed by atoms with Crippen molar-refractivity contribution in [3.63, 3.8) is 0 Å². The zero-order valence-electron chi connectivity index (χ0n) is 11.3. The van der Waals surface area contributed by atoms with Crippen LogP contribution in [0.2, 0.25) is 0 Å². The minimum absolute atomic E-state index is 0.0978. The Balaban J connectivity index is 2.04. The summed E-state index contributed by atoms with van der Waals surface area (Å²) in [6.07, 6.45) is 2.00. The quantitative estimate of drug-likeness (QED) is 0.702. The van der Waals surface area contributed by atoms with Gasteiger partial charge < -0.3 is 5.11 Å². The molecule has 6 nitrogen and oxygen atoms in total. The number of hydrogen-bond acceptors (Lipinski definition) is 4. The standard InChI is InChI=1S/C13H20N2O4/c1-3-14(7-8(2)13(18)19)10-6-11(16)15(12(10)17)9-4-5-9/h8-10H,3-7H2,1-2H3,(H,18,19). The van der Waals surface area contributed by atoms with Crippen LogP contribution in [0.3, 0.4) is 0 Å². The van der Waals surface area contributed by atoms with Crippen LogP contribution in [0, 0.1) is 5.92 Å². The van der Waals surface area contributed by atoms with E-state index in [2.05, 4.69) is 0 Å². The van der Waals surface area contributed by atoms with Crippen LogP contribution in [0.5, 0.6) is 0 Å². The minimum atomic E-state index is -0.880. The monoisotopic (exact) mass is 268 g/mol. The van der Waals surface area contributed by atoms with Crippen LogP contribution in [0.4, 0.5) is 0 Å². The second-order valence-corrected chi connectivity index (χ2v) is 5.38. The van der Waals surface area contributed by atoms with E-state index in [4.69, 9.17) is 5.11 Å². The van der Waals surface area contributed by atoms with E-state index < -0.39 is 17.9 Å². The first-order chi connectivity index (χ1) is 8.95. The summed E-state index contributed by atoms with van der Waals surface area (Å²) in [4.78, 5) is 38.2. The van der Waals surface area contributed by atoms with Crippen LogP contribution >= 0.6 is 0 Å². The third-order valence-corrected chi connectivity index (χ3v) is 3.85. The van der Waals surface area contributed by atoms with Gasteiger partial charge in [-0.15, -0.1) is 0 Å². The normalized spacial score (nSPS) is 25.2. The summed E-state index contributed by atoms with van der Waals surface area (Å²) in [6, 6.07) is -0.375. The highest BCUT2D eigenvalue weighted by Gasteiger charge is 2.47. The summed E-state index contributed by atoms with van der Waals surface area (Å²) >= 11 is 0. The molecule has 6 heteroatoms. The Morgan fingerprint density at radius 1 is 1.47 bits per heavy atom. The van der Waals surface area contributed by atoms with Crippen molar-refractivity contribution in [2.24, 2.45) is 5.92 Å². The Hall–Kier alpha value is -1.43. The number of imide groups is 1. The number of likely N-dealkylation sites (tertiary alicyclic amines) is 1. The molecule has 2 atom stereocenters. The van der Waals surface area contributed by atoms with Gasteiger partial charge in [-0.1, -0.05) is 13.8 Å². The first kappa shape index (κ1) is 14.0. The van der Waals surface area contributed by atoms with Gasteiger partial charge in [0.1, 0.15) is 0 Å². The van der Waals surface area contributed by atoms with Crippen molar-refractivity contribution in [1.82, 2.24) is 9.80 Å². The molecule has 1 saturated heterocycles. The Labute approximate surface area is 112 Å². The third kappa shape index (κ3) is 2.78. The average molecular weight is 268 g/mol. The largest absolute Gasteiger partial charge is 0.481 e. The zero-order chi connectivity index (χ0) is 14.2. The number of carbonyl (C=O) groups excluding carboxylic acids is 2. The lowest BCUT2D eigenvalue weighted by molar-refractivity contribution is -0.144. The second-order valence-electron chi connectivity index (χ2n) is 5.38. The van der Waals surface area contributed by atoms with Crippen molar-refractivity contribution >= 4 is 17.8 Å². The number of carboxylic acids is 1. The van der Waals surface area contributed by atoms with Gasteiger partial charge in [0, 0.05) is 12.6 Å². The van der Waals surface area contributed by atoms with Crippen molar-refractivity contribution in [3.05, 3.63) is 0 Å². The number of nitrogens with zero attached hydrogens (tertiary/aromatic N) is 2. The fourth-order valence-corrected chi connectivity index (χ4v) is 2.54. The molecule has 1 saturated carbocycles. The third-order valence-electron chi connectivity index (χ3n) is 3.85. The molecule has 0 aromatic rings.